The highest BCUT2D eigenvalue weighted by Gasteiger charge is 2.23. The van der Waals surface area contributed by atoms with Gasteiger partial charge in [-0.15, -0.1) is 0 Å². The average Bonchev–Trinajstić information content (AvgIpc) is 2.54. The topological polar surface area (TPSA) is 28.4 Å². The Morgan fingerprint density at radius 1 is 1.19 bits per heavy atom. The van der Waals surface area contributed by atoms with Gasteiger partial charge in [-0.1, -0.05) is 18.2 Å². The first-order valence-electron chi connectivity index (χ1n) is 5.08. The number of aliphatic hydroxyl groups is 1. The summed E-state index contributed by atoms with van der Waals surface area (Å²) in [5.74, 6) is 0.329. The molecule has 1 aliphatic rings. The summed E-state index contributed by atoms with van der Waals surface area (Å²) in [6.07, 6.45) is 1.74. The van der Waals surface area contributed by atoms with Crippen molar-refractivity contribution in [3.63, 3.8) is 0 Å². The molecule has 0 saturated heterocycles. The lowest BCUT2D eigenvalue weighted by Gasteiger charge is -2.19. The largest absolute Gasteiger partial charge is 0.504 e. The Morgan fingerprint density at radius 3 is 2.75 bits per heavy atom. The molecule has 3 nitrogen and oxygen atoms in total. The first-order valence-corrected chi connectivity index (χ1v) is 5.85. The highest BCUT2D eigenvalue weighted by molar-refractivity contribution is 7.97. The van der Waals surface area contributed by atoms with Crippen LogP contribution in [0, 0.1) is 0 Å². The monoisotopic (exact) mass is 232 g/mol. The number of benzene rings is 1. The molecular formula is C12H12N2OS. The van der Waals surface area contributed by atoms with Gasteiger partial charge in [-0.2, -0.15) is 0 Å². The standard InChI is InChI=1S/C12H12N2OS/c1-13-7-10(15)11-12(16-13)8-5-3-4-6-9(8)14(11)2/h3-7,15H,1-2H3. The van der Waals surface area contributed by atoms with Crippen LogP contribution < -0.4 is 0 Å². The molecule has 0 spiro atoms. The third kappa shape index (κ3) is 1.16. The lowest BCUT2D eigenvalue weighted by Crippen LogP contribution is -2.08. The third-order valence-electron chi connectivity index (χ3n) is 2.84. The normalized spacial score (nSPS) is 15.1. The van der Waals surface area contributed by atoms with Gasteiger partial charge in [0.15, 0.2) is 5.76 Å². The minimum Gasteiger partial charge on any atom is -0.504 e. The van der Waals surface area contributed by atoms with Crippen LogP contribution in [0.1, 0.15) is 5.69 Å². The van der Waals surface area contributed by atoms with E-state index in [0.29, 0.717) is 5.76 Å². The first kappa shape index (κ1) is 9.66. The zero-order chi connectivity index (χ0) is 11.3. The molecule has 0 atom stereocenters. The number of nitrogens with zero attached hydrogens (tertiary/aromatic N) is 2. The Bertz CT molecular complexity index is 600. The van der Waals surface area contributed by atoms with Gasteiger partial charge >= 0.3 is 0 Å². The molecule has 4 heteroatoms. The Labute approximate surface area is 98.1 Å². The molecular weight excluding hydrogens is 220 g/mol. The van der Waals surface area contributed by atoms with Crippen LogP contribution in [0.5, 0.6) is 0 Å². The van der Waals surface area contributed by atoms with E-state index < -0.39 is 0 Å². The van der Waals surface area contributed by atoms with E-state index in [0.717, 1.165) is 16.1 Å². The SMILES string of the molecule is CN1C=C(O)c2c(c3ccccc3n2C)S1. The number of rotatable bonds is 0. The smallest absolute Gasteiger partial charge is 0.157 e. The van der Waals surface area contributed by atoms with Gasteiger partial charge in [-0.3, -0.25) is 0 Å². The summed E-state index contributed by atoms with van der Waals surface area (Å²) in [7, 11) is 3.92. The van der Waals surface area contributed by atoms with Crippen LogP contribution in [0.25, 0.3) is 16.7 Å². The van der Waals surface area contributed by atoms with E-state index in [1.807, 2.05) is 35.1 Å². The van der Waals surface area contributed by atoms with Gasteiger partial charge in [0.2, 0.25) is 0 Å². The number of aryl methyl sites for hydroxylation is 1. The zero-order valence-corrected chi connectivity index (χ0v) is 9.95. The predicted molar refractivity (Wildman–Crippen MR) is 67.1 cm³/mol. The fourth-order valence-electron chi connectivity index (χ4n) is 2.14. The van der Waals surface area contributed by atoms with Crippen molar-refractivity contribution < 1.29 is 5.11 Å². The van der Waals surface area contributed by atoms with E-state index in [4.69, 9.17) is 0 Å². The highest BCUT2D eigenvalue weighted by Crippen LogP contribution is 2.41. The minimum absolute atomic E-state index is 0.329. The quantitative estimate of drug-likeness (QED) is 0.708. The molecule has 3 rings (SSSR count). The summed E-state index contributed by atoms with van der Waals surface area (Å²) in [6.45, 7) is 0. The minimum atomic E-state index is 0.329. The summed E-state index contributed by atoms with van der Waals surface area (Å²) in [5.41, 5.74) is 2.06. The second kappa shape index (κ2) is 3.22. The maximum Gasteiger partial charge on any atom is 0.157 e. The van der Waals surface area contributed by atoms with Gasteiger partial charge in [0, 0.05) is 25.0 Å². The van der Waals surface area contributed by atoms with Crippen molar-refractivity contribution in [1.29, 1.82) is 0 Å². The van der Waals surface area contributed by atoms with Crippen molar-refractivity contribution in [2.45, 2.75) is 4.90 Å². The number of hydrogen-bond acceptors (Lipinski definition) is 3. The second-order valence-corrected chi connectivity index (χ2v) is 5.07. The Morgan fingerprint density at radius 2 is 1.94 bits per heavy atom. The van der Waals surface area contributed by atoms with Crippen molar-refractivity contribution in [2.75, 3.05) is 7.05 Å². The molecule has 2 heterocycles. The van der Waals surface area contributed by atoms with E-state index in [9.17, 15) is 5.11 Å². The lowest BCUT2D eigenvalue weighted by atomic mass is 10.2. The number of hydrogen-bond donors (Lipinski definition) is 1. The molecule has 16 heavy (non-hydrogen) atoms. The van der Waals surface area contributed by atoms with Crippen LogP contribution in [0.3, 0.4) is 0 Å². The molecule has 1 aromatic heterocycles. The van der Waals surface area contributed by atoms with Crippen LogP contribution >= 0.6 is 11.9 Å². The lowest BCUT2D eigenvalue weighted by molar-refractivity contribution is 0.490. The van der Waals surface area contributed by atoms with Crippen molar-refractivity contribution in [3.8, 4) is 0 Å². The van der Waals surface area contributed by atoms with E-state index >= 15 is 0 Å². The summed E-state index contributed by atoms with van der Waals surface area (Å²) in [4.78, 5) is 1.13. The van der Waals surface area contributed by atoms with Gasteiger partial charge in [0.1, 0.15) is 5.69 Å². The summed E-state index contributed by atoms with van der Waals surface area (Å²) in [5, 5.41) is 11.2. The van der Waals surface area contributed by atoms with Gasteiger partial charge in [-0.05, 0) is 18.0 Å². The van der Waals surface area contributed by atoms with E-state index in [1.165, 1.54) is 5.39 Å². The van der Waals surface area contributed by atoms with Crippen LogP contribution in [0.4, 0.5) is 0 Å². The highest BCUT2D eigenvalue weighted by atomic mass is 32.2. The van der Waals surface area contributed by atoms with E-state index in [1.54, 1.807) is 18.1 Å². The van der Waals surface area contributed by atoms with Crippen LogP contribution in [-0.4, -0.2) is 21.0 Å². The number of para-hydroxylation sites is 1. The van der Waals surface area contributed by atoms with Crippen molar-refractivity contribution in [2.24, 2.45) is 7.05 Å². The van der Waals surface area contributed by atoms with E-state index in [-0.39, 0.29) is 0 Å². The molecule has 0 aliphatic carbocycles. The van der Waals surface area contributed by atoms with E-state index in [2.05, 4.69) is 12.1 Å². The molecule has 0 amide bonds. The maximum atomic E-state index is 10.00. The fraction of sp³-hybridized carbons (Fsp3) is 0.167. The van der Waals surface area contributed by atoms with Crippen LogP contribution in [0.2, 0.25) is 0 Å². The van der Waals surface area contributed by atoms with Crippen molar-refractivity contribution in [3.05, 3.63) is 36.2 Å². The van der Waals surface area contributed by atoms with Crippen molar-refractivity contribution in [1.82, 2.24) is 8.87 Å². The Balaban J connectivity index is 2.42. The molecule has 0 saturated carbocycles. The Hall–Kier alpha value is -1.55. The van der Waals surface area contributed by atoms with Gasteiger partial charge in [-0.25, -0.2) is 0 Å². The van der Waals surface area contributed by atoms with Crippen molar-refractivity contribution >= 4 is 28.6 Å². The molecule has 2 aromatic rings. The molecule has 0 fully saturated rings. The molecule has 1 N–H and O–H groups in total. The third-order valence-corrected chi connectivity index (χ3v) is 3.83. The molecule has 1 aliphatic heterocycles. The molecule has 0 radical (unpaired) electrons. The number of fused-ring (bicyclic) bond motifs is 3. The Kier molecular flexibility index (Phi) is 1.94. The van der Waals surface area contributed by atoms with Gasteiger partial charge in [0.05, 0.1) is 11.1 Å². The van der Waals surface area contributed by atoms with Crippen LogP contribution in [-0.2, 0) is 7.05 Å². The number of aromatic nitrogens is 1. The first-order chi connectivity index (χ1) is 7.68. The summed E-state index contributed by atoms with van der Waals surface area (Å²) < 4.78 is 3.96. The molecule has 1 aromatic carbocycles. The predicted octanol–water partition coefficient (Wildman–Crippen LogP) is 2.99. The molecule has 0 unspecified atom stereocenters. The fourth-order valence-corrected chi connectivity index (χ4v) is 3.18. The maximum absolute atomic E-state index is 10.00. The number of aliphatic hydroxyl groups excluding tert-OH is 1. The average molecular weight is 232 g/mol. The molecule has 0 bridgehead atoms. The second-order valence-electron chi connectivity index (χ2n) is 3.91. The van der Waals surface area contributed by atoms with Gasteiger partial charge < -0.3 is 14.0 Å². The van der Waals surface area contributed by atoms with Crippen LogP contribution in [0.15, 0.2) is 35.4 Å². The zero-order valence-electron chi connectivity index (χ0n) is 9.14. The molecule has 82 valence electrons. The van der Waals surface area contributed by atoms with Gasteiger partial charge in [0.25, 0.3) is 0 Å². The summed E-state index contributed by atoms with van der Waals surface area (Å²) >= 11 is 1.64. The summed E-state index contributed by atoms with van der Waals surface area (Å²) in [6, 6.07) is 8.20.